The van der Waals surface area contributed by atoms with Gasteiger partial charge in [0, 0.05) is 26.2 Å². The van der Waals surface area contributed by atoms with Gasteiger partial charge < -0.3 is 10.6 Å². The van der Waals surface area contributed by atoms with Crippen LogP contribution < -0.4 is 5.73 Å². The van der Waals surface area contributed by atoms with Gasteiger partial charge in [-0.15, -0.1) is 24.8 Å². The first-order chi connectivity index (χ1) is 6.88. The molecule has 2 N–H and O–H groups in total. The summed E-state index contributed by atoms with van der Waals surface area (Å²) in [6, 6.07) is 0. The zero-order valence-electron chi connectivity index (χ0n) is 9.55. The topological polar surface area (TPSA) is 29.3 Å². The average molecular weight is 265 g/mol. The maximum atomic E-state index is 5.63. The molecule has 2 bridgehead atoms. The molecule has 0 amide bonds. The molecule has 4 aliphatic rings. The summed E-state index contributed by atoms with van der Waals surface area (Å²) in [5, 5.41) is 0. The first-order valence-electron chi connectivity index (χ1n) is 5.99. The van der Waals surface area contributed by atoms with Crippen LogP contribution in [0, 0.1) is 23.7 Å². The van der Waals surface area contributed by atoms with E-state index in [1.165, 1.54) is 25.9 Å². The van der Waals surface area contributed by atoms with Crippen LogP contribution in [0.4, 0.5) is 0 Å². The number of nitrogens with zero attached hydrogens (tertiary/aromatic N) is 1. The van der Waals surface area contributed by atoms with Crippen LogP contribution in [-0.2, 0) is 0 Å². The van der Waals surface area contributed by atoms with Crippen LogP contribution in [0.1, 0.15) is 12.8 Å². The van der Waals surface area contributed by atoms with Crippen molar-refractivity contribution >= 4 is 24.8 Å². The van der Waals surface area contributed by atoms with Crippen molar-refractivity contribution in [3.63, 3.8) is 0 Å². The van der Waals surface area contributed by atoms with Gasteiger partial charge in [0.2, 0.25) is 0 Å². The van der Waals surface area contributed by atoms with Crippen LogP contribution in [0.5, 0.6) is 0 Å². The second-order valence-electron chi connectivity index (χ2n) is 5.17. The van der Waals surface area contributed by atoms with Crippen molar-refractivity contribution in [3.05, 3.63) is 12.2 Å². The van der Waals surface area contributed by atoms with E-state index >= 15 is 0 Å². The zero-order valence-corrected chi connectivity index (χ0v) is 11.2. The molecule has 4 rings (SSSR count). The summed E-state index contributed by atoms with van der Waals surface area (Å²) in [6.45, 7) is 4.55. The molecular weight excluding hydrogens is 243 g/mol. The molecule has 94 valence electrons. The molecule has 2 fully saturated rings. The van der Waals surface area contributed by atoms with E-state index in [0.29, 0.717) is 0 Å². The first kappa shape index (κ1) is 14.3. The van der Waals surface area contributed by atoms with Gasteiger partial charge in [0.25, 0.3) is 0 Å². The zero-order chi connectivity index (χ0) is 9.54. The Kier molecular flexibility index (Phi) is 5.11. The molecule has 4 atom stereocenters. The Labute approximate surface area is 110 Å². The van der Waals surface area contributed by atoms with E-state index in [2.05, 4.69) is 17.1 Å². The van der Waals surface area contributed by atoms with Gasteiger partial charge in [0.1, 0.15) is 0 Å². The van der Waals surface area contributed by atoms with Gasteiger partial charge in [-0.05, 0) is 36.5 Å². The maximum absolute atomic E-state index is 5.63. The predicted molar refractivity (Wildman–Crippen MR) is 72.3 cm³/mol. The van der Waals surface area contributed by atoms with Gasteiger partial charge >= 0.3 is 0 Å². The third-order valence-corrected chi connectivity index (χ3v) is 4.47. The van der Waals surface area contributed by atoms with Crippen LogP contribution in [0.15, 0.2) is 12.2 Å². The highest BCUT2D eigenvalue weighted by molar-refractivity contribution is 5.85. The number of nitrogens with two attached hydrogens (primary N) is 1. The van der Waals surface area contributed by atoms with Gasteiger partial charge in [-0.25, -0.2) is 0 Å². The van der Waals surface area contributed by atoms with E-state index in [4.69, 9.17) is 5.73 Å². The fraction of sp³-hybridized carbons (Fsp3) is 0.833. The second-order valence-corrected chi connectivity index (χ2v) is 5.17. The number of fused-ring (bicyclic) bond motifs is 1. The molecule has 3 aliphatic carbocycles. The molecule has 1 saturated heterocycles. The molecule has 0 radical (unpaired) electrons. The van der Waals surface area contributed by atoms with E-state index < -0.39 is 0 Å². The Balaban J connectivity index is 0.000000640. The van der Waals surface area contributed by atoms with Crippen molar-refractivity contribution in [2.75, 3.05) is 26.2 Å². The molecule has 16 heavy (non-hydrogen) atoms. The fourth-order valence-corrected chi connectivity index (χ4v) is 3.79. The minimum absolute atomic E-state index is 0. The summed E-state index contributed by atoms with van der Waals surface area (Å²) in [6.07, 6.45) is 7.86. The lowest BCUT2D eigenvalue weighted by Gasteiger charge is -2.40. The first-order valence-corrected chi connectivity index (χ1v) is 5.99. The SMILES string of the molecule is Cl.Cl.NCCN1CC2C3C=CC(CC3)C2C1. The maximum Gasteiger partial charge on any atom is 0.0105 e. The Morgan fingerprint density at radius 1 is 1.00 bits per heavy atom. The van der Waals surface area contributed by atoms with E-state index in [9.17, 15) is 0 Å². The molecule has 0 aromatic carbocycles. The minimum atomic E-state index is 0. The van der Waals surface area contributed by atoms with E-state index in [0.717, 1.165) is 36.8 Å². The molecule has 1 aliphatic heterocycles. The normalized spacial score (nSPS) is 40.1. The number of hydrogen-bond acceptors (Lipinski definition) is 2. The van der Waals surface area contributed by atoms with Crippen molar-refractivity contribution in [2.45, 2.75) is 12.8 Å². The molecule has 1 heterocycles. The number of rotatable bonds is 2. The summed E-state index contributed by atoms with van der Waals surface area (Å²) in [5.74, 6) is 3.72. The van der Waals surface area contributed by atoms with Gasteiger partial charge in [0.15, 0.2) is 0 Å². The van der Waals surface area contributed by atoms with Gasteiger partial charge in [-0.3, -0.25) is 0 Å². The quantitative estimate of drug-likeness (QED) is 0.773. The lowest BCUT2D eigenvalue weighted by atomic mass is 9.64. The Hall–Kier alpha value is 0.240. The third kappa shape index (κ3) is 2.26. The van der Waals surface area contributed by atoms with Crippen LogP contribution in [0.2, 0.25) is 0 Å². The third-order valence-electron chi connectivity index (χ3n) is 4.47. The van der Waals surface area contributed by atoms with Gasteiger partial charge in [0.05, 0.1) is 0 Å². The van der Waals surface area contributed by atoms with Crippen LogP contribution >= 0.6 is 24.8 Å². The van der Waals surface area contributed by atoms with Crippen molar-refractivity contribution in [1.29, 1.82) is 0 Å². The summed E-state index contributed by atoms with van der Waals surface area (Å²) in [4.78, 5) is 2.58. The molecule has 0 spiro atoms. The average Bonchev–Trinajstić information content (AvgIpc) is 2.65. The van der Waals surface area contributed by atoms with Crippen molar-refractivity contribution in [2.24, 2.45) is 29.4 Å². The van der Waals surface area contributed by atoms with Crippen molar-refractivity contribution in [3.8, 4) is 0 Å². The highest BCUT2D eigenvalue weighted by atomic mass is 35.5. The summed E-state index contributed by atoms with van der Waals surface area (Å²) in [7, 11) is 0. The molecule has 0 aromatic heterocycles. The Bertz CT molecular complexity index is 235. The summed E-state index contributed by atoms with van der Waals surface area (Å²) >= 11 is 0. The molecule has 0 aromatic rings. The van der Waals surface area contributed by atoms with Crippen molar-refractivity contribution in [1.82, 2.24) is 4.90 Å². The number of allylic oxidation sites excluding steroid dienone is 2. The van der Waals surface area contributed by atoms with Crippen LogP contribution in [0.3, 0.4) is 0 Å². The van der Waals surface area contributed by atoms with E-state index in [1.54, 1.807) is 0 Å². The standard InChI is InChI=1S/C12H20N2.2ClH/c13-5-6-14-7-11-9-1-2-10(4-3-9)12(11)8-14;;/h1-2,9-12H,3-8,13H2;2*1H. The number of likely N-dealkylation sites (tertiary alicyclic amines) is 1. The Morgan fingerprint density at radius 2 is 1.50 bits per heavy atom. The number of halogens is 2. The van der Waals surface area contributed by atoms with Crippen LogP contribution in [0.25, 0.3) is 0 Å². The number of hydrogen-bond donors (Lipinski definition) is 1. The highest BCUT2D eigenvalue weighted by Crippen LogP contribution is 2.48. The summed E-state index contributed by atoms with van der Waals surface area (Å²) < 4.78 is 0. The predicted octanol–water partition coefficient (Wildman–Crippen LogP) is 1.93. The van der Waals surface area contributed by atoms with Crippen molar-refractivity contribution < 1.29 is 0 Å². The van der Waals surface area contributed by atoms with E-state index in [1.807, 2.05) is 0 Å². The summed E-state index contributed by atoms with van der Waals surface area (Å²) in [5.41, 5.74) is 5.63. The minimum Gasteiger partial charge on any atom is -0.329 e. The largest absolute Gasteiger partial charge is 0.329 e. The van der Waals surface area contributed by atoms with Gasteiger partial charge in [-0.1, -0.05) is 12.2 Å². The lowest BCUT2D eigenvalue weighted by Crippen LogP contribution is -2.35. The van der Waals surface area contributed by atoms with E-state index in [-0.39, 0.29) is 24.8 Å². The molecule has 4 unspecified atom stereocenters. The monoisotopic (exact) mass is 264 g/mol. The van der Waals surface area contributed by atoms with Crippen LogP contribution in [-0.4, -0.2) is 31.1 Å². The Morgan fingerprint density at radius 3 is 1.88 bits per heavy atom. The van der Waals surface area contributed by atoms with Gasteiger partial charge in [-0.2, -0.15) is 0 Å². The highest BCUT2D eigenvalue weighted by Gasteiger charge is 2.45. The molecular formula is C12H22Cl2N2. The smallest absolute Gasteiger partial charge is 0.0105 e. The molecule has 4 heteroatoms. The molecule has 2 nitrogen and oxygen atoms in total. The second kappa shape index (κ2) is 5.72. The molecule has 1 saturated carbocycles. The fourth-order valence-electron chi connectivity index (χ4n) is 3.79. The lowest BCUT2D eigenvalue weighted by molar-refractivity contribution is 0.169.